The van der Waals surface area contributed by atoms with Gasteiger partial charge in [0.1, 0.15) is 17.7 Å². The van der Waals surface area contributed by atoms with Crippen molar-refractivity contribution < 1.29 is 18.7 Å². The summed E-state index contributed by atoms with van der Waals surface area (Å²) in [5, 5.41) is 0. The van der Waals surface area contributed by atoms with Gasteiger partial charge in [-0.25, -0.2) is 14.1 Å². The molecule has 0 saturated carbocycles. The predicted octanol–water partition coefficient (Wildman–Crippen LogP) is 4.82. The molecule has 5 rings (SSSR count). The Kier molecular flexibility index (Phi) is 6.62. The highest BCUT2D eigenvalue weighted by Crippen LogP contribution is 2.33. The van der Waals surface area contributed by atoms with Gasteiger partial charge in [-0.3, -0.25) is 14.3 Å². The van der Waals surface area contributed by atoms with Crippen LogP contribution in [0.4, 0.5) is 4.39 Å². The molecule has 0 bridgehead atoms. The Morgan fingerprint density at radius 1 is 1.06 bits per heavy atom. The summed E-state index contributed by atoms with van der Waals surface area (Å²) in [6.45, 7) is 2.53. The second-order valence-electron chi connectivity index (χ2n) is 8.55. The zero-order valence-corrected chi connectivity index (χ0v) is 19.8. The SMILES string of the molecule is CCCCC(=O)OC1Cn2c(-c3ccnc(Oc4ccccc4)n3)c(-c3ccc(F)cc3)c(=O)n2C1. The van der Waals surface area contributed by atoms with Crippen molar-refractivity contribution in [3.8, 4) is 34.3 Å². The van der Waals surface area contributed by atoms with Crippen molar-refractivity contribution in [3.63, 3.8) is 0 Å². The number of unbranched alkanes of at least 4 members (excludes halogenated alkanes) is 1. The molecular formula is C27H25FN4O4. The number of fused-ring (bicyclic) bond motifs is 1. The van der Waals surface area contributed by atoms with Crippen LogP contribution in [0.2, 0.25) is 0 Å². The Bertz CT molecular complexity index is 1430. The zero-order valence-electron chi connectivity index (χ0n) is 19.8. The van der Waals surface area contributed by atoms with Gasteiger partial charge in [-0.05, 0) is 42.3 Å². The van der Waals surface area contributed by atoms with Crippen molar-refractivity contribution in [1.29, 1.82) is 0 Å². The summed E-state index contributed by atoms with van der Waals surface area (Å²) in [5.74, 6) is -0.0972. The van der Waals surface area contributed by atoms with Crippen LogP contribution in [-0.2, 0) is 22.6 Å². The molecule has 1 aliphatic heterocycles. The van der Waals surface area contributed by atoms with Crippen LogP contribution in [0.5, 0.6) is 11.8 Å². The van der Waals surface area contributed by atoms with Crippen LogP contribution in [0, 0.1) is 5.82 Å². The average molecular weight is 489 g/mol. The van der Waals surface area contributed by atoms with E-state index in [9.17, 15) is 14.0 Å². The van der Waals surface area contributed by atoms with E-state index >= 15 is 0 Å². The molecule has 0 spiro atoms. The number of carbonyl (C=O) groups excluding carboxylic acids is 1. The van der Waals surface area contributed by atoms with Crippen molar-refractivity contribution >= 4 is 5.97 Å². The number of esters is 1. The summed E-state index contributed by atoms with van der Waals surface area (Å²) in [6, 6.07) is 16.7. The number of benzene rings is 2. The van der Waals surface area contributed by atoms with E-state index in [4.69, 9.17) is 9.47 Å². The topological polar surface area (TPSA) is 88.2 Å². The van der Waals surface area contributed by atoms with Crippen LogP contribution in [0.1, 0.15) is 26.2 Å². The van der Waals surface area contributed by atoms with Crippen LogP contribution in [-0.4, -0.2) is 31.4 Å². The molecule has 8 nitrogen and oxygen atoms in total. The maximum absolute atomic E-state index is 13.6. The van der Waals surface area contributed by atoms with E-state index in [1.54, 1.807) is 45.9 Å². The first-order valence-corrected chi connectivity index (χ1v) is 11.9. The minimum Gasteiger partial charge on any atom is -0.458 e. The summed E-state index contributed by atoms with van der Waals surface area (Å²) in [6.07, 6.45) is 3.08. The van der Waals surface area contributed by atoms with Crippen LogP contribution in [0.3, 0.4) is 0 Å². The van der Waals surface area contributed by atoms with Crippen molar-refractivity contribution in [2.45, 2.75) is 45.4 Å². The highest BCUT2D eigenvalue weighted by molar-refractivity contribution is 5.79. The quantitative estimate of drug-likeness (QED) is 0.331. The van der Waals surface area contributed by atoms with E-state index < -0.39 is 11.9 Å². The van der Waals surface area contributed by atoms with E-state index in [2.05, 4.69) is 9.97 Å². The Balaban J connectivity index is 1.55. The van der Waals surface area contributed by atoms with Crippen molar-refractivity contribution in [3.05, 3.63) is 83.0 Å². The number of carbonyl (C=O) groups is 1. The summed E-state index contributed by atoms with van der Waals surface area (Å²) in [5.41, 5.74) is 1.66. The lowest BCUT2D eigenvalue weighted by Crippen LogP contribution is -2.23. The van der Waals surface area contributed by atoms with Gasteiger partial charge < -0.3 is 9.47 Å². The Hall–Kier alpha value is -4.27. The van der Waals surface area contributed by atoms with Gasteiger partial charge >= 0.3 is 12.0 Å². The standard InChI is InChI=1S/C27H25FN4O4/c1-2-3-9-23(33)35-21-16-31-25(22-14-15-29-27(30-22)36-20-7-5-4-6-8-20)24(26(34)32(31)17-21)18-10-12-19(28)13-11-18/h4-8,10-15,21H,2-3,9,16-17H2,1H3. The lowest BCUT2D eigenvalue weighted by atomic mass is 10.0. The molecule has 184 valence electrons. The smallest absolute Gasteiger partial charge is 0.322 e. The minimum atomic E-state index is -0.468. The van der Waals surface area contributed by atoms with Crippen LogP contribution < -0.4 is 10.3 Å². The molecule has 0 radical (unpaired) electrons. The number of halogens is 1. The third-order valence-electron chi connectivity index (χ3n) is 5.98. The fourth-order valence-electron chi connectivity index (χ4n) is 4.30. The number of nitrogens with zero attached hydrogens (tertiary/aromatic N) is 4. The van der Waals surface area contributed by atoms with Crippen molar-refractivity contribution in [2.75, 3.05) is 0 Å². The van der Waals surface area contributed by atoms with E-state index in [-0.39, 0.29) is 24.1 Å². The van der Waals surface area contributed by atoms with Crippen molar-refractivity contribution in [2.24, 2.45) is 0 Å². The fourth-order valence-corrected chi connectivity index (χ4v) is 4.30. The maximum Gasteiger partial charge on any atom is 0.322 e. The zero-order chi connectivity index (χ0) is 25.1. The molecule has 1 atom stereocenters. The average Bonchev–Trinajstić information content (AvgIpc) is 3.41. The molecule has 2 aromatic carbocycles. The van der Waals surface area contributed by atoms with Crippen LogP contribution >= 0.6 is 0 Å². The summed E-state index contributed by atoms with van der Waals surface area (Å²) in [7, 11) is 0. The molecule has 0 saturated heterocycles. The Morgan fingerprint density at radius 2 is 1.81 bits per heavy atom. The molecule has 2 aromatic heterocycles. The molecule has 0 amide bonds. The second kappa shape index (κ2) is 10.2. The first-order valence-electron chi connectivity index (χ1n) is 11.9. The minimum absolute atomic E-state index is 0.122. The number of rotatable bonds is 8. The third kappa shape index (κ3) is 4.77. The first kappa shape index (κ1) is 23.5. The highest BCUT2D eigenvalue weighted by atomic mass is 19.1. The van der Waals surface area contributed by atoms with Gasteiger partial charge in [0, 0.05) is 12.6 Å². The fraction of sp³-hybridized carbons (Fsp3) is 0.259. The predicted molar refractivity (Wildman–Crippen MR) is 131 cm³/mol. The lowest BCUT2D eigenvalue weighted by molar-refractivity contribution is -0.149. The van der Waals surface area contributed by atoms with Crippen LogP contribution in [0.15, 0.2) is 71.7 Å². The Labute approximate surface area is 206 Å². The highest BCUT2D eigenvalue weighted by Gasteiger charge is 2.33. The number of hydrogen-bond donors (Lipinski definition) is 0. The molecule has 0 fully saturated rings. The molecule has 0 aliphatic carbocycles. The van der Waals surface area contributed by atoms with Gasteiger partial charge in [0.25, 0.3) is 5.56 Å². The number of para-hydroxylation sites is 1. The van der Waals surface area contributed by atoms with E-state index in [1.807, 2.05) is 25.1 Å². The molecule has 0 N–H and O–H groups in total. The van der Waals surface area contributed by atoms with Gasteiger partial charge in [0.05, 0.1) is 30.0 Å². The van der Waals surface area contributed by atoms with Crippen molar-refractivity contribution in [1.82, 2.24) is 19.3 Å². The van der Waals surface area contributed by atoms with Gasteiger partial charge in [-0.2, -0.15) is 4.98 Å². The summed E-state index contributed by atoms with van der Waals surface area (Å²) >= 11 is 0. The van der Waals surface area contributed by atoms with Gasteiger partial charge in [0.15, 0.2) is 0 Å². The lowest BCUT2D eigenvalue weighted by Gasteiger charge is -2.12. The third-order valence-corrected chi connectivity index (χ3v) is 5.98. The Morgan fingerprint density at radius 3 is 2.56 bits per heavy atom. The molecule has 3 heterocycles. The molecule has 1 aliphatic rings. The molecule has 4 aromatic rings. The van der Waals surface area contributed by atoms with E-state index in [1.165, 1.54) is 12.1 Å². The van der Waals surface area contributed by atoms with Gasteiger partial charge in [-0.15, -0.1) is 0 Å². The summed E-state index contributed by atoms with van der Waals surface area (Å²) in [4.78, 5) is 34.6. The maximum atomic E-state index is 13.6. The molecular weight excluding hydrogens is 463 g/mol. The van der Waals surface area contributed by atoms with Crippen LogP contribution in [0.25, 0.3) is 22.5 Å². The van der Waals surface area contributed by atoms with Gasteiger partial charge in [0.2, 0.25) is 0 Å². The molecule has 9 heteroatoms. The number of hydrogen-bond acceptors (Lipinski definition) is 6. The second-order valence-corrected chi connectivity index (χ2v) is 8.55. The number of aromatic nitrogens is 4. The normalized spacial score (nSPS) is 14.4. The van der Waals surface area contributed by atoms with E-state index in [0.717, 1.165) is 12.8 Å². The first-order chi connectivity index (χ1) is 17.5. The monoisotopic (exact) mass is 488 g/mol. The van der Waals surface area contributed by atoms with E-state index in [0.29, 0.717) is 41.2 Å². The molecule has 1 unspecified atom stereocenters. The molecule has 36 heavy (non-hydrogen) atoms. The number of ether oxygens (including phenoxy) is 2. The van der Waals surface area contributed by atoms with Gasteiger partial charge in [-0.1, -0.05) is 43.7 Å². The largest absolute Gasteiger partial charge is 0.458 e. The summed E-state index contributed by atoms with van der Waals surface area (Å²) < 4.78 is 28.4.